The molecule has 2 fully saturated rings. The van der Waals surface area contributed by atoms with Crippen LogP contribution in [0.5, 0.6) is 0 Å². The minimum Gasteiger partial charge on any atom is -0.389 e. The zero-order valence-corrected chi connectivity index (χ0v) is 6.31. The molecule has 2 saturated carbocycles. The highest BCUT2D eigenvalue weighted by Crippen LogP contribution is 2.76. The lowest BCUT2D eigenvalue weighted by atomic mass is 9.80. The highest BCUT2D eigenvalue weighted by molar-refractivity contribution is 5.29. The van der Waals surface area contributed by atoms with E-state index < -0.39 is 0 Å². The maximum Gasteiger partial charge on any atom is 0.0759 e. The predicted molar refractivity (Wildman–Crippen MR) is 36.0 cm³/mol. The molecule has 2 atom stereocenters. The van der Waals surface area contributed by atoms with Crippen LogP contribution in [0.2, 0.25) is 0 Å². The Kier molecular flexibility index (Phi) is 0.682. The Morgan fingerprint density at radius 1 is 1.33 bits per heavy atom. The third-order valence-corrected chi connectivity index (χ3v) is 3.01. The van der Waals surface area contributed by atoms with E-state index in [1.165, 1.54) is 6.42 Å². The van der Waals surface area contributed by atoms with Crippen LogP contribution in [-0.4, -0.2) is 10.7 Å². The largest absolute Gasteiger partial charge is 0.389 e. The van der Waals surface area contributed by atoms with Gasteiger partial charge in [0.1, 0.15) is 0 Å². The summed E-state index contributed by atoms with van der Waals surface area (Å²) in [4.78, 5) is 0. The van der Waals surface area contributed by atoms with Gasteiger partial charge in [-0.2, -0.15) is 0 Å². The maximum atomic E-state index is 9.78. The first-order chi connectivity index (χ1) is 3.98. The first-order valence-electron chi connectivity index (χ1n) is 3.70. The highest BCUT2D eigenvalue weighted by atomic mass is 16.3. The minimum atomic E-state index is -0.257. The molecule has 2 rings (SSSR count). The topological polar surface area (TPSA) is 20.2 Å². The lowest BCUT2D eigenvalue weighted by Crippen LogP contribution is -2.35. The molecule has 2 aliphatic rings. The van der Waals surface area contributed by atoms with Gasteiger partial charge in [-0.1, -0.05) is 20.8 Å². The van der Waals surface area contributed by atoms with Gasteiger partial charge >= 0.3 is 0 Å². The second kappa shape index (κ2) is 1.07. The Labute approximate surface area is 56.1 Å². The van der Waals surface area contributed by atoms with Gasteiger partial charge in [0.2, 0.25) is 0 Å². The van der Waals surface area contributed by atoms with Crippen molar-refractivity contribution < 1.29 is 5.11 Å². The van der Waals surface area contributed by atoms with Crippen molar-refractivity contribution in [1.82, 2.24) is 0 Å². The van der Waals surface area contributed by atoms with E-state index in [9.17, 15) is 5.11 Å². The fraction of sp³-hybridized carbons (Fsp3) is 1.00. The van der Waals surface area contributed by atoms with E-state index in [2.05, 4.69) is 20.8 Å². The van der Waals surface area contributed by atoms with Gasteiger partial charge in [-0.05, 0) is 23.7 Å². The van der Waals surface area contributed by atoms with Gasteiger partial charge in [0.05, 0.1) is 5.60 Å². The van der Waals surface area contributed by atoms with Crippen molar-refractivity contribution in [3.05, 3.63) is 0 Å². The summed E-state index contributed by atoms with van der Waals surface area (Å²) >= 11 is 0. The zero-order valence-electron chi connectivity index (χ0n) is 6.31. The smallest absolute Gasteiger partial charge is 0.0759 e. The van der Waals surface area contributed by atoms with Crippen LogP contribution in [0.3, 0.4) is 0 Å². The fourth-order valence-electron chi connectivity index (χ4n) is 2.03. The molecule has 0 heterocycles. The highest BCUT2D eigenvalue weighted by Gasteiger charge is 2.80. The molecule has 1 N–H and O–H groups in total. The third kappa shape index (κ3) is 0.454. The average molecular weight is 126 g/mol. The van der Waals surface area contributed by atoms with Crippen molar-refractivity contribution in [1.29, 1.82) is 0 Å². The van der Waals surface area contributed by atoms with Gasteiger partial charge in [-0.15, -0.1) is 0 Å². The number of rotatable bonds is 0. The van der Waals surface area contributed by atoms with Crippen molar-refractivity contribution in [2.24, 2.45) is 17.3 Å². The molecule has 2 unspecified atom stereocenters. The second-order valence-corrected chi connectivity index (χ2v) is 4.52. The molecule has 9 heavy (non-hydrogen) atoms. The van der Waals surface area contributed by atoms with E-state index in [-0.39, 0.29) is 11.0 Å². The molecule has 0 aromatic rings. The summed E-state index contributed by atoms with van der Waals surface area (Å²) in [6.45, 7) is 6.37. The Hall–Kier alpha value is -0.0400. The van der Waals surface area contributed by atoms with Crippen LogP contribution in [0.25, 0.3) is 0 Å². The molecule has 2 aliphatic carbocycles. The van der Waals surface area contributed by atoms with Crippen LogP contribution < -0.4 is 0 Å². The summed E-state index contributed by atoms with van der Waals surface area (Å²) in [6, 6.07) is 0. The summed E-state index contributed by atoms with van der Waals surface area (Å²) in [5.41, 5.74) is -0.131. The molecule has 0 saturated heterocycles. The molecule has 0 radical (unpaired) electrons. The monoisotopic (exact) mass is 126 g/mol. The summed E-state index contributed by atoms with van der Waals surface area (Å²) < 4.78 is 0. The molecular weight excluding hydrogens is 112 g/mol. The number of fused-ring (bicyclic) bond motifs is 1. The molecule has 1 heteroatoms. The normalized spacial score (nSPS) is 54.7. The van der Waals surface area contributed by atoms with Crippen LogP contribution in [0, 0.1) is 17.3 Å². The van der Waals surface area contributed by atoms with Gasteiger partial charge < -0.3 is 5.11 Å². The van der Waals surface area contributed by atoms with Gasteiger partial charge in [-0.3, -0.25) is 0 Å². The van der Waals surface area contributed by atoms with E-state index in [0.717, 1.165) is 0 Å². The van der Waals surface area contributed by atoms with Crippen molar-refractivity contribution >= 4 is 0 Å². The van der Waals surface area contributed by atoms with Gasteiger partial charge in [-0.25, -0.2) is 0 Å². The van der Waals surface area contributed by atoms with E-state index >= 15 is 0 Å². The number of hydrogen-bond donors (Lipinski definition) is 1. The zero-order chi connectivity index (χ0) is 6.86. The van der Waals surface area contributed by atoms with Crippen LogP contribution in [-0.2, 0) is 0 Å². The Morgan fingerprint density at radius 3 is 1.78 bits per heavy atom. The summed E-state index contributed by atoms with van der Waals surface area (Å²) in [6.07, 6.45) is 1.29. The second-order valence-electron chi connectivity index (χ2n) is 4.52. The van der Waals surface area contributed by atoms with Crippen molar-refractivity contribution in [2.45, 2.75) is 32.8 Å². The quantitative estimate of drug-likeness (QED) is 0.520. The predicted octanol–water partition coefficient (Wildman–Crippen LogP) is 1.41. The Balaban J connectivity index is 2.15. The number of aliphatic hydroxyl groups is 1. The van der Waals surface area contributed by atoms with Crippen molar-refractivity contribution in [3.63, 3.8) is 0 Å². The third-order valence-electron chi connectivity index (χ3n) is 3.01. The van der Waals surface area contributed by atoms with Crippen molar-refractivity contribution in [3.8, 4) is 0 Å². The minimum absolute atomic E-state index is 0.126. The first-order valence-corrected chi connectivity index (χ1v) is 3.70. The van der Waals surface area contributed by atoms with E-state index in [1.54, 1.807) is 0 Å². The molecule has 0 aromatic heterocycles. The maximum absolute atomic E-state index is 9.78. The lowest BCUT2D eigenvalue weighted by molar-refractivity contribution is -0.0128. The Bertz CT molecular complexity index is 146. The molecule has 0 spiro atoms. The molecule has 52 valence electrons. The Morgan fingerprint density at radius 2 is 1.78 bits per heavy atom. The van der Waals surface area contributed by atoms with Gasteiger partial charge in [0, 0.05) is 0 Å². The van der Waals surface area contributed by atoms with Crippen molar-refractivity contribution in [2.75, 3.05) is 0 Å². The molecular formula is C8H14O. The summed E-state index contributed by atoms with van der Waals surface area (Å²) in [5, 5.41) is 9.78. The van der Waals surface area contributed by atoms with Crippen LogP contribution in [0.4, 0.5) is 0 Å². The van der Waals surface area contributed by atoms with E-state index in [0.29, 0.717) is 11.8 Å². The fourth-order valence-corrected chi connectivity index (χ4v) is 2.03. The molecule has 0 aromatic carbocycles. The van der Waals surface area contributed by atoms with E-state index in [1.807, 2.05) is 0 Å². The average Bonchev–Trinajstić information content (AvgIpc) is 2.43. The van der Waals surface area contributed by atoms with Crippen LogP contribution in [0.15, 0.2) is 0 Å². The standard InChI is InChI=1S/C8H14O/c1-7(2,3)8(9)5-4-6(5)8/h5-6,9H,4H2,1-3H3. The van der Waals surface area contributed by atoms with E-state index in [4.69, 9.17) is 0 Å². The summed E-state index contributed by atoms with van der Waals surface area (Å²) in [5.74, 6) is 1.36. The summed E-state index contributed by atoms with van der Waals surface area (Å²) in [7, 11) is 0. The van der Waals surface area contributed by atoms with Gasteiger partial charge in [0.25, 0.3) is 0 Å². The first kappa shape index (κ1) is 5.72. The molecule has 0 bridgehead atoms. The molecule has 0 aliphatic heterocycles. The van der Waals surface area contributed by atoms with Gasteiger partial charge in [0.15, 0.2) is 0 Å². The SMILES string of the molecule is CC(C)(C)C1(O)C2CC21. The van der Waals surface area contributed by atoms with Crippen LogP contribution in [0.1, 0.15) is 27.2 Å². The molecule has 1 nitrogen and oxygen atoms in total. The lowest BCUT2D eigenvalue weighted by Gasteiger charge is -2.31. The van der Waals surface area contributed by atoms with Crippen LogP contribution >= 0.6 is 0 Å². The number of hydrogen-bond acceptors (Lipinski definition) is 1. The molecule has 0 amide bonds.